The van der Waals surface area contributed by atoms with Crippen molar-refractivity contribution in [2.75, 3.05) is 11.4 Å². The van der Waals surface area contributed by atoms with E-state index in [0.29, 0.717) is 11.3 Å². The quantitative estimate of drug-likeness (QED) is 0.820. The Morgan fingerprint density at radius 1 is 1.28 bits per heavy atom. The Labute approximate surface area is 149 Å². The van der Waals surface area contributed by atoms with Gasteiger partial charge in [0.25, 0.3) is 11.8 Å². The second kappa shape index (κ2) is 6.82. The topological polar surface area (TPSA) is 69.6 Å². The number of halogens is 2. The van der Waals surface area contributed by atoms with Crippen LogP contribution in [0, 0.1) is 5.82 Å². The normalized spacial score (nSPS) is 20.0. The van der Waals surface area contributed by atoms with E-state index in [9.17, 15) is 19.1 Å². The fraction of sp³-hybridized carbons (Fsp3) is 0.222. The van der Waals surface area contributed by atoms with Crippen molar-refractivity contribution in [3.8, 4) is 0 Å². The third-order valence-corrected chi connectivity index (χ3v) is 4.47. The molecule has 1 aliphatic rings. The molecule has 2 aromatic carbocycles. The van der Waals surface area contributed by atoms with Crippen LogP contribution in [-0.4, -0.2) is 29.1 Å². The highest BCUT2D eigenvalue weighted by atomic mass is 35.5. The Kier molecular flexibility index (Phi) is 4.74. The van der Waals surface area contributed by atoms with Gasteiger partial charge in [-0.25, -0.2) is 4.39 Å². The highest BCUT2D eigenvalue weighted by Gasteiger charge is 2.51. The summed E-state index contributed by atoms with van der Waals surface area (Å²) in [6.07, 6.45) is -0.00324. The van der Waals surface area contributed by atoms with Gasteiger partial charge in [0.2, 0.25) is 5.60 Å². The molecule has 0 aromatic heterocycles. The number of aliphatic hydroxyl groups is 1. The summed E-state index contributed by atoms with van der Waals surface area (Å²) in [5.41, 5.74) is -0.921. The zero-order valence-corrected chi connectivity index (χ0v) is 14.0. The van der Waals surface area contributed by atoms with Crippen molar-refractivity contribution in [2.24, 2.45) is 0 Å². The van der Waals surface area contributed by atoms with Crippen molar-refractivity contribution in [1.82, 2.24) is 5.32 Å². The standard InChI is InChI=1S/C18H16ClFN2O3/c19-14-10-12(6-7-15(14)20)11-21-16(23)18(25)8-9-22(17(18)24)13-4-2-1-3-5-13/h1-7,10,25H,8-9,11H2,(H,21,23). The molecule has 1 heterocycles. The molecule has 2 amide bonds. The molecule has 1 aliphatic heterocycles. The number of carbonyl (C=O) groups excluding carboxylic acids is 2. The van der Waals surface area contributed by atoms with Crippen molar-refractivity contribution in [3.05, 3.63) is 64.9 Å². The molecule has 1 unspecified atom stereocenters. The molecule has 0 spiro atoms. The van der Waals surface area contributed by atoms with Gasteiger partial charge in [-0.15, -0.1) is 0 Å². The van der Waals surface area contributed by atoms with E-state index >= 15 is 0 Å². The first-order valence-electron chi connectivity index (χ1n) is 7.73. The zero-order valence-electron chi connectivity index (χ0n) is 13.2. The molecule has 0 bridgehead atoms. The molecule has 25 heavy (non-hydrogen) atoms. The minimum Gasteiger partial charge on any atom is -0.372 e. The van der Waals surface area contributed by atoms with E-state index in [2.05, 4.69) is 5.32 Å². The van der Waals surface area contributed by atoms with Crippen molar-refractivity contribution < 1.29 is 19.1 Å². The number of hydrogen-bond acceptors (Lipinski definition) is 3. The summed E-state index contributed by atoms with van der Waals surface area (Å²) in [6, 6.07) is 12.9. The first-order valence-corrected chi connectivity index (χ1v) is 8.11. The van der Waals surface area contributed by atoms with Crippen LogP contribution in [0.3, 0.4) is 0 Å². The van der Waals surface area contributed by atoms with E-state index in [1.54, 1.807) is 24.3 Å². The molecular weight excluding hydrogens is 347 g/mol. The Morgan fingerprint density at radius 2 is 2.00 bits per heavy atom. The number of benzene rings is 2. The zero-order chi connectivity index (χ0) is 18.0. The average Bonchev–Trinajstić information content (AvgIpc) is 2.93. The Bertz CT molecular complexity index is 815. The molecule has 2 aromatic rings. The predicted octanol–water partition coefficient (Wildman–Crippen LogP) is 2.26. The molecule has 3 rings (SSSR count). The van der Waals surface area contributed by atoms with Crippen LogP contribution in [0.2, 0.25) is 5.02 Å². The lowest BCUT2D eigenvalue weighted by atomic mass is 10.0. The van der Waals surface area contributed by atoms with E-state index in [1.807, 2.05) is 6.07 Å². The number of carbonyl (C=O) groups is 2. The molecule has 0 aliphatic carbocycles. The molecule has 2 N–H and O–H groups in total. The van der Waals surface area contributed by atoms with Gasteiger partial charge in [-0.2, -0.15) is 0 Å². The van der Waals surface area contributed by atoms with Gasteiger partial charge in [-0.1, -0.05) is 35.9 Å². The molecule has 7 heteroatoms. The van der Waals surface area contributed by atoms with Crippen molar-refractivity contribution in [3.63, 3.8) is 0 Å². The van der Waals surface area contributed by atoms with Gasteiger partial charge >= 0.3 is 0 Å². The number of anilines is 1. The second-order valence-electron chi connectivity index (χ2n) is 5.83. The van der Waals surface area contributed by atoms with Crippen LogP contribution in [-0.2, 0) is 16.1 Å². The number of nitrogens with zero attached hydrogens (tertiary/aromatic N) is 1. The summed E-state index contributed by atoms with van der Waals surface area (Å²) in [4.78, 5) is 26.3. The number of para-hydroxylation sites is 1. The van der Waals surface area contributed by atoms with E-state index in [1.165, 1.54) is 23.1 Å². The summed E-state index contributed by atoms with van der Waals surface area (Å²) in [7, 11) is 0. The molecule has 0 saturated carbocycles. The highest BCUT2D eigenvalue weighted by molar-refractivity contribution is 6.30. The fourth-order valence-corrected chi connectivity index (χ4v) is 2.95. The summed E-state index contributed by atoms with van der Waals surface area (Å²) in [6.45, 7) is 0.273. The van der Waals surface area contributed by atoms with E-state index in [-0.39, 0.29) is 24.5 Å². The Morgan fingerprint density at radius 3 is 2.68 bits per heavy atom. The van der Waals surface area contributed by atoms with Crippen molar-refractivity contribution in [1.29, 1.82) is 0 Å². The maximum Gasteiger partial charge on any atom is 0.268 e. The lowest BCUT2D eigenvalue weighted by Gasteiger charge is -2.21. The first-order chi connectivity index (χ1) is 11.9. The maximum atomic E-state index is 13.2. The van der Waals surface area contributed by atoms with Gasteiger partial charge in [0, 0.05) is 25.2 Å². The Balaban J connectivity index is 1.69. The van der Waals surface area contributed by atoms with E-state index in [4.69, 9.17) is 11.6 Å². The van der Waals surface area contributed by atoms with Crippen LogP contribution in [0.25, 0.3) is 0 Å². The van der Waals surface area contributed by atoms with E-state index in [0.717, 1.165) is 0 Å². The van der Waals surface area contributed by atoms with Crippen LogP contribution < -0.4 is 10.2 Å². The smallest absolute Gasteiger partial charge is 0.268 e. The van der Waals surface area contributed by atoms with Crippen molar-refractivity contribution in [2.45, 2.75) is 18.6 Å². The number of hydrogen-bond donors (Lipinski definition) is 2. The van der Waals surface area contributed by atoms with Crippen LogP contribution in [0.1, 0.15) is 12.0 Å². The Hall–Kier alpha value is -2.44. The second-order valence-corrected chi connectivity index (χ2v) is 6.24. The molecule has 0 radical (unpaired) electrons. The SMILES string of the molecule is O=C(NCc1ccc(F)c(Cl)c1)C1(O)CCN(c2ccccc2)C1=O. The summed E-state index contributed by atoms with van der Waals surface area (Å²) in [5, 5.41) is 13.0. The van der Waals surface area contributed by atoms with Crippen LogP contribution >= 0.6 is 11.6 Å². The lowest BCUT2D eigenvalue weighted by molar-refractivity contribution is -0.149. The van der Waals surface area contributed by atoms with Crippen LogP contribution in [0.4, 0.5) is 10.1 Å². The minimum atomic E-state index is -2.11. The predicted molar refractivity (Wildman–Crippen MR) is 91.6 cm³/mol. The summed E-state index contributed by atoms with van der Waals surface area (Å²) >= 11 is 5.70. The van der Waals surface area contributed by atoms with Crippen LogP contribution in [0.5, 0.6) is 0 Å². The number of rotatable bonds is 4. The van der Waals surface area contributed by atoms with Gasteiger partial charge in [0.15, 0.2) is 0 Å². The molecule has 130 valence electrons. The monoisotopic (exact) mass is 362 g/mol. The molecule has 1 saturated heterocycles. The third-order valence-electron chi connectivity index (χ3n) is 4.18. The average molecular weight is 363 g/mol. The first kappa shape index (κ1) is 17.4. The fourth-order valence-electron chi connectivity index (χ4n) is 2.75. The van der Waals surface area contributed by atoms with Gasteiger partial charge < -0.3 is 15.3 Å². The lowest BCUT2D eigenvalue weighted by Crippen LogP contribution is -2.52. The largest absolute Gasteiger partial charge is 0.372 e. The minimum absolute atomic E-state index is 0.00324. The van der Waals surface area contributed by atoms with Gasteiger partial charge in [0.05, 0.1) is 5.02 Å². The van der Waals surface area contributed by atoms with E-state index < -0.39 is 23.2 Å². The highest BCUT2D eigenvalue weighted by Crippen LogP contribution is 2.28. The van der Waals surface area contributed by atoms with Gasteiger partial charge in [-0.05, 0) is 29.8 Å². The third kappa shape index (κ3) is 3.36. The van der Waals surface area contributed by atoms with Crippen molar-refractivity contribution >= 4 is 29.1 Å². The van der Waals surface area contributed by atoms with Crippen LogP contribution in [0.15, 0.2) is 48.5 Å². The molecule has 1 fully saturated rings. The maximum absolute atomic E-state index is 13.2. The summed E-state index contributed by atoms with van der Waals surface area (Å²) < 4.78 is 13.2. The van der Waals surface area contributed by atoms with Gasteiger partial charge in [0.1, 0.15) is 5.82 Å². The molecule has 5 nitrogen and oxygen atoms in total. The molecular formula is C18H16ClFN2O3. The molecule has 1 atom stereocenters. The van der Waals surface area contributed by atoms with Gasteiger partial charge in [-0.3, -0.25) is 9.59 Å². The number of amides is 2. The number of nitrogens with one attached hydrogen (secondary N) is 1. The summed E-state index contributed by atoms with van der Waals surface area (Å²) in [5.74, 6) is -2.00.